The van der Waals surface area contributed by atoms with Gasteiger partial charge in [-0.15, -0.1) is 11.3 Å². The molecule has 0 radical (unpaired) electrons. The largest absolute Gasteiger partial charge is 0.312 e. The van der Waals surface area contributed by atoms with Crippen LogP contribution in [0.15, 0.2) is 15.9 Å². The van der Waals surface area contributed by atoms with Gasteiger partial charge < -0.3 is 5.32 Å². The Bertz CT molecular complexity index is 293. The van der Waals surface area contributed by atoms with Gasteiger partial charge in [0.15, 0.2) is 0 Å². The van der Waals surface area contributed by atoms with Crippen LogP contribution in [-0.2, 0) is 0 Å². The van der Waals surface area contributed by atoms with E-state index in [2.05, 4.69) is 53.5 Å². The van der Waals surface area contributed by atoms with E-state index in [0.29, 0.717) is 11.5 Å². The summed E-state index contributed by atoms with van der Waals surface area (Å²) < 4.78 is 1.23. The molecule has 0 saturated carbocycles. The molecule has 0 aliphatic carbocycles. The fourth-order valence-corrected chi connectivity index (χ4v) is 3.51. The van der Waals surface area contributed by atoms with Crippen molar-refractivity contribution in [2.75, 3.05) is 7.05 Å². The van der Waals surface area contributed by atoms with Gasteiger partial charge >= 0.3 is 0 Å². The molecule has 1 heterocycles. The van der Waals surface area contributed by atoms with Crippen LogP contribution in [0.3, 0.4) is 0 Å². The molecule has 0 aliphatic heterocycles. The first kappa shape index (κ1) is 12.2. The van der Waals surface area contributed by atoms with Crippen molar-refractivity contribution < 1.29 is 0 Å². The lowest BCUT2D eigenvalue weighted by Crippen LogP contribution is -2.31. The van der Waals surface area contributed by atoms with Crippen LogP contribution in [0.1, 0.15) is 38.1 Å². The molecule has 1 N–H and O–H groups in total. The number of hydrogen-bond donors (Lipinski definition) is 1. The first-order valence-electron chi connectivity index (χ1n) is 4.93. The average molecular weight is 276 g/mol. The van der Waals surface area contributed by atoms with Crippen LogP contribution in [0, 0.1) is 5.41 Å². The molecule has 0 bridgehead atoms. The van der Waals surface area contributed by atoms with Crippen LogP contribution >= 0.6 is 27.3 Å². The normalized spacial score (nSPS) is 14.4. The summed E-state index contributed by atoms with van der Waals surface area (Å²) in [5.74, 6) is 0. The maximum absolute atomic E-state index is 3.60. The summed E-state index contributed by atoms with van der Waals surface area (Å²) in [5, 5.41) is 5.55. The van der Waals surface area contributed by atoms with Crippen LogP contribution in [0.4, 0.5) is 0 Å². The molecule has 0 amide bonds. The Labute approximate surface area is 99.0 Å². The summed E-state index contributed by atoms with van der Waals surface area (Å²) in [6.45, 7) is 6.85. The van der Waals surface area contributed by atoms with E-state index in [4.69, 9.17) is 0 Å². The summed E-state index contributed by atoms with van der Waals surface area (Å²) in [6, 6.07) is 2.55. The smallest absolute Gasteiger partial charge is 0.0475 e. The highest BCUT2D eigenvalue weighted by molar-refractivity contribution is 9.10. The topological polar surface area (TPSA) is 12.0 Å². The Kier molecular flexibility index (Phi) is 4.16. The number of halogens is 1. The SMILES string of the molecule is CCC(C)(C)C(NC)c1sccc1Br. The van der Waals surface area contributed by atoms with Crippen LogP contribution in [0.25, 0.3) is 0 Å². The summed E-state index contributed by atoms with van der Waals surface area (Å²) in [6.07, 6.45) is 1.17. The summed E-state index contributed by atoms with van der Waals surface area (Å²) in [4.78, 5) is 1.40. The minimum absolute atomic E-state index is 0.294. The second kappa shape index (κ2) is 4.77. The van der Waals surface area contributed by atoms with E-state index in [9.17, 15) is 0 Å². The number of rotatable bonds is 4. The standard InChI is InChI=1S/C11H18BrNS/c1-5-11(2,3)10(13-4)9-8(12)6-7-14-9/h6-7,10,13H,5H2,1-4H3. The van der Waals surface area contributed by atoms with Gasteiger partial charge in [-0.05, 0) is 46.3 Å². The predicted octanol–water partition coefficient (Wildman–Crippen LogP) is 4.21. The second-order valence-corrected chi connectivity index (χ2v) is 6.00. The molecule has 1 atom stereocenters. The lowest BCUT2D eigenvalue weighted by atomic mass is 9.81. The highest BCUT2D eigenvalue weighted by Gasteiger charge is 2.29. The number of thiophene rings is 1. The lowest BCUT2D eigenvalue weighted by Gasteiger charge is -2.33. The molecule has 1 rings (SSSR count). The molecule has 14 heavy (non-hydrogen) atoms. The van der Waals surface area contributed by atoms with Crippen molar-refractivity contribution in [1.29, 1.82) is 0 Å². The zero-order chi connectivity index (χ0) is 10.8. The summed E-state index contributed by atoms with van der Waals surface area (Å²) >= 11 is 5.41. The van der Waals surface area contributed by atoms with Crippen LogP contribution in [0.5, 0.6) is 0 Å². The van der Waals surface area contributed by atoms with Crippen LogP contribution in [0.2, 0.25) is 0 Å². The highest BCUT2D eigenvalue weighted by atomic mass is 79.9. The lowest BCUT2D eigenvalue weighted by molar-refractivity contribution is 0.248. The Morgan fingerprint density at radius 2 is 2.21 bits per heavy atom. The molecule has 0 saturated heterocycles. The zero-order valence-electron chi connectivity index (χ0n) is 9.23. The van der Waals surface area contributed by atoms with Crippen molar-refractivity contribution in [3.8, 4) is 0 Å². The molecule has 1 unspecified atom stereocenters. The fraction of sp³-hybridized carbons (Fsp3) is 0.636. The van der Waals surface area contributed by atoms with E-state index in [-0.39, 0.29) is 0 Å². The maximum Gasteiger partial charge on any atom is 0.0475 e. The van der Waals surface area contributed by atoms with E-state index in [1.165, 1.54) is 15.8 Å². The van der Waals surface area contributed by atoms with Crippen molar-refractivity contribution >= 4 is 27.3 Å². The third-order valence-corrected chi connectivity index (χ3v) is 4.82. The van der Waals surface area contributed by atoms with Gasteiger partial charge in [0.25, 0.3) is 0 Å². The molecule has 0 fully saturated rings. The molecule has 0 aliphatic rings. The van der Waals surface area contributed by atoms with Gasteiger partial charge in [0.2, 0.25) is 0 Å². The van der Waals surface area contributed by atoms with E-state index in [1.807, 2.05) is 18.4 Å². The highest BCUT2D eigenvalue weighted by Crippen LogP contribution is 2.41. The Morgan fingerprint density at radius 3 is 2.57 bits per heavy atom. The third kappa shape index (κ3) is 2.38. The Morgan fingerprint density at radius 1 is 1.57 bits per heavy atom. The van der Waals surface area contributed by atoms with Crippen molar-refractivity contribution in [3.05, 3.63) is 20.8 Å². The van der Waals surface area contributed by atoms with E-state index < -0.39 is 0 Å². The van der Waals surface area contributed by atoms with Crippen molar-refractivity contribution in [2.24, 2.45) is 5.41 Å². The molecule has 80 valence electrons. The predicted molar refractivity (Wildman–Crippen MR) is 67.9 cm³/mol. The summed E-state index contributed by atoms with van der Waals surface area (Å²) in [7, 11) is 2.04. The van der Waals surface area contributed by atoms with Gasteiger partial charge in [0, 0.05) is 15.4 Å². The van der Waals surface area contributed by atoms with Crippen molar-refractivity contribution in [1.82, 2.24) is 5.32 Å². The molecule has 1 aromatic heterocycles. The first-order chi connectivity index (χ1) is 6.53. The molecule has 3 heteroatoms. The van der Waals surface area contributed by atoms with Crippen LogP contribution < -0.4 is 5.32 Å². The zero-order valence-corrected chi connectivity index (χ0v) is 11.6. The average Bonchev–Trinajstić information content (AvgIpc) is 2.53. The molecular weight excluding hydrogens is 258 g/mol. The monoisotopic (exact) mass is 275 g/mol. The van der Waals surface area contributed by atoms with Gasteiger partial charge in [-0.1, -0.05) is 20.8 Å². The van der Waals surface area contributed by atoms with Gasteiger partial charge in [0.05, 0.1) is 0 Å². The van der Waals surface area contributed by atoms with Gasteiger partial charge in [-0.3, -0.25) is 0 Å². The fourth-order valence-electron chi connectivity index (χ4n) is 1.59. The van der Waals surface area contributed by atoms with E-state index in [0.717, 1.165) is 0 Å². The number of nitrogens with one attached hydrogen (secondary N) is 1. The minimum Gasteiger partial charge on any atom is -0.312 e. The minimum atomic E-state index is 0.294. The third-order valence-electron chi connectivity index (χ3n) is 2.89. The summed E-state index contributed by atoms with van der Waals surface area (Å²) in [5.41, 5.74) is 0.294. The quantitative estimate of drug-likeness (QED) is 0.868. The molecule has 1 nitrogen and oxygen atoms in total. The van der Waals surface area contributed by atoms with Gasteiger partial charge in [0.1, 0.15) is 0 Å². The molecular formula is C11H18BrNS. The Hall–Kier alpha value is 0.140. The van der Waals surface area contributed by atoms with Crippen molar-refractivity contribution in [2.45, 2.75) is 33.2 Å². The maximum atomic E-state index is 3.60. The van der Waals surface area contributed by atoms with Crippen molar-refractivity contribution in [3.63, 3.8) is 0 Å². The number of hydrogen-bond acceptors (Lipinski definition) is 2. The van der Waals surface area contributed by atoms with Gasteiger partial charge in [-0.25, -0.2) is 0 Å². The second-order valence-electron chi connectivity index (χ2n) is 4.20. The first-order valence-corrected chi connectivity index (χ1v) is 6.60. The molecule has 0 spiro atoms. The molecule has 1 aromatic rings. The van der Waals surface area contributed by atoms with Crippen LogP contribution in [-0.4, -0.2) is 7.05 Å². The Balaban J connectivity index is 2.99. The molecule has 0 aromatic carbocycles. The van der Waals surface area contributed by atoms with Gasteiger partial charge in [-0.2, -0.15) is 0 Å². The van der Waals surface area contributed by atoms with E-state index in [1.54, 1.807) is 0 Å². The van der Waals surface area contributed by atoms with E-state index >= 15 is 0 Å².